The van der Waals surface area contributed by atoms with E-state index in [-0.39, 0.29) is 13.1 Å². The fourth-order valence-electron chi connectivity index (χ4n) is 2.03. The normalized spacial score (nSPS) is 11.1. The lowest BCUT2D eigenvalue weighted by molar-refractivity contribution is -0.119. The highest BCUT2D eigenvalue weighted by Gasteiger charge is 2.21. The maximum Gasteiger partial charge on any atom is 0.241 e. The maximum atomic E-state index is 12.1. The molecule has 1 aromatic heterocycles. The van der Waals surface area contributed by atoms with Gasteiger partial charge < -0.3 is 5.32 Å². The number of nitrogens with zero attached hydrogens (tertiary/aromatic N) is 2. The lowest BCUT2D eigenvalue weighted by atomic mass is 10.2. The van der Waals surface area contributed by atoms with Gasteiger partial charge in [-0.1, -0.05) is 23.7 Å². The van der Waals surface area contributed by atoms with Gasteiger partial charge in [0.1, 0.15) is 6.54 Å². The van der Waals surface area contributed by atoms with Crippen molar-refractivity contribution in [3.05, 3.63) is 58.9 Å². The zero-order chi connectivity index (χ0) is 17.7. The van der Waals surface area contributed by atoms with Crippen LogP contribution in [0.3, 0.4) is 0 Å². The number of benzene rings is 1. The Morgan fingerprint density at radius 1 is 1.33 bits per heavy atom. The minimum absolute atomic E-state index is 0.277. The van der Waals surface area contributed by atoms with E-state index in [0.717, 1.165) is 21.7 Å². The third kappa shape index (κ3) is 4.94. The highest BCUT2D eigenvalue weighted by Crippen LogP contribution is 2.24. The minimum Gasteiger partial charge on any atom is -0.350 e. The first-order chi connectivity index (χ1) is 11.3. The van der Waals surface area contributed by atoms with Gasteiger partial charge in [0.05, 0.1) is 11.9 Å². The largest absolute Gasteiger partial charge is 0.350 e. The molecule has 0 saturated heterocycles. The first-order valence-corrected chi connectivity index (χ1v) is 9.39. The predicted octanol–water partition coefficient (Wildman–Crippen LogP) is 2.13. The van der Waals surface area contributed by atoms with Crippen LogP contribution in [0.25, 0.3) is 0 Å². The number of pyridine rings is 1. The minimum atomic E-state index is -3.62. The molecule has 0 radical (unpaired) electrons. The summed E-state index contributed by atoms with van der Waals surface area (Å²) in [5.74, 6) is -0.416. The lowest BCUT2D eigenvalue weighted by Gasteiger charge is -2.22. The molecule has 0 bridgehead atoms. The molecule has 6 nitrogen and oxygen atoms in total. The summed E-state index contributed by atoms with van der Waals surface area (Å²) in [6.07, 6.45) is 4.32. The van der Waals surface area contributed by atoms with Gasteiger partial charge in [-0.3, -0.25) is 14.1 Å². The second kappa shape index (κ2) is 7.63. The summed E-state index contributed by atoms with van der Waals surface area (Å²) in [4.78, 5) is 16.1. The molecule has 0 aliphatic heterocycles. The van der Waals surface area contributed by atoms with Crippen molar-refractivity contribution < 1.29 is 13.2 Å². The van der Waals surface area contributed by atoms with Gasteiger partial charge in [0, 0.05) is 24.0 Å². The molecule has 2 aromatic rings. The maximum absolute atomic E-state index is 12.1. The zero-order valence-electron chi connectivity index (χ0n) is 13.4. The third-order valence-electron chi connectivity index (χ3n) is 3.34. The Morgan fingerprint density at radius 3 is 2.67 bits per heavy atom. The first kappa shape index (κ1) is 18.2. The number of rotatable bonds is 6. The van der Waals surface area contributed by atoms with Gasteiger partial charge in [-0.15, -0.1) is 0 Å². The Balaban J connectivity index is 2.11. The van der Waals surface area contributed by atoms with Crippen molar-refractivity contribution in [2.45, 2.75) is 13.5 Å². The zero-order valence-corrected chi connectivity index (χ0v) is 14.9. The lowest BCUT2D eigenvalue weighted by Crippen LogP contribution is -2.40. The van der Waals surface area contributed by atoms with Crippen molar-refractivity contribution >= 4 is 33.2 Å². The SMILES string of the molecule is Cc1ccc(N(CC(=O)NCc2cccnc2)S(C)(=O)=O)cc1Cl. The van der Waals surface area contributed by atoms with Crippen LogP contribution in [-0.2, 0) is 21.4 Å². The molecule has 1 amide bonds. The van der Waals surface area contributed by atoms with Crippen molar-refractivity contribution in [2.24, 2.45) is 0 Å². The van der Waals surface area contributed by atoms with Crippen molar-refractivity contribution in [1.82, 2.24) is 10.3 Å². The quantitative estimate of drug-likeness (QED) is 0.848. The van der Waals surface area contributed by atoms with E-state index in [4.69, 9.17) is 11.6 Å². The fourth-order valence-corrected chi connectivity index (χ4v) is 3.05. The number of hydrogen-bond acceptors (Lipinski definition) is 4. The van der Waals surface area contributed by atoms with Gasteiger partial charge in [0.15, 0.2) is 0 Å². The summed E-state index contributed by atoms with van der Waals surface area (Å²) in [6.45, 7) is 1.77. The second-order valence-electron chi connectivity index (χ2n) is 5.34. The number of halogens is 1. The number of anilines is 1. The number of nitrogens with one attached hydrogen (secondary N) is 1. The van der Waals surface area contributed by atoms with Crippen LogP contribution in [0.1, 0.15) is 11.1 Å². The van der Waals surface area contributed by atoms with Gasteiger partial charge in [-0.25, -0.2) is 8.42 Å². The van der Waals surface area contributed by atoms with E-state index in [0.29, 0.717) is 10.7 Å². The van der Waals surface area contributed by atoms with Crippen LogP contribution < -0.4 is 9.62 Å². The van der Waals surface area contributed by atoms with Crippen LogP contribution in [0, 0.1) is 6.92 Å². The molecule has 0 aliphatic rings. The van der Waals surface area contributed by atoms with Gasteiger partial charge in [-0.05, 0) is 36.2 Å². The van der Waals surface area contributed by atoms with Crippen molar-refractivity contribution in [3.8, 4) is 0 Å². The Kier molecular flexibility index (Phi) is 5.80. The monoisotopic (exact) mass is 367 g/mol. The van der Waals surface area contributed by atoms with Crippen LogP contribution in [0.15, 0.2) is 42.7 Å². The van der Waals surface area contributed by atoms with E-state index >= 15 is 0 Å². The molecule has 128 valence electrons. The number of carbonyl (C=O) groups excluding carboxylic acids is 1. The smallest absolute Gasteiger partial charge is 0.241 e. The summed E-state index contributed by atoms with van der Waals surface area (Å²) < 4.78 is 25.1. The molecule has 0 fully saturated rings. The predicted molar refractivity (Wildman–Crippen MR) is 94.5 cm³/mol. The number of sulfonamides is 1. The molecule has 0 aliphatic carbocycles. The molecule has 0 saturated carbocycles. The van der Waals surface area contributed by atoms with E-state index in [9.17, 15) is 13.2 Å². The topological polar surface area (TPSA) is 79.4 Å². The molecule has 24 heavy (non-hydrogen) atoms. The molecular formula is C16H18ClN3O3S. The third-order valence-corrected chi connectivity index (χ3v) is 4.89. The Labute approximate surface area is 146 Å². The fraction of sp³-hybridized carbons (Fsp3) is 0.250. The molecule has 8 heteroatoms. The van der Waals surface area contributed by atoms with Gasteiger partial charge in [-0.2, -0.15) is 0 Å². The van der Waals surface area contributed by atoms with E-state index in [2.05, 4.69) is 10.3 Å². The van der Waals surface area contributed by atoms with Crippen LogP contribution in [0.2, 0.25) is 5.02 Å². The first-order valence-electron chi connectivity index (χ1n) is 7.17. The molecule has 1 aromatic carbocycles. The molecule has 0 spiro atoms. The highest BCUT2D eigenvalue weighted by molar-refractivity contribution is 7.92. The van der Waals surface area contributed by atoms with Gasteiger partial charge in [0.25, 0.3) is 0 Å². The molecule has 0 atom stereocenters. The van der Waals surface area contributed by atoms with Crippen LogP contribution in [0.4, 0.5) is 5.69 Å². The van der Waals surface area contributed by atoms with E-state index in [1.165, 1.54) is 6.07 Å². The summed E-state index contributed by atoms with van der Waals surface area (Å²) in [5, 5.41) is 3.12. The average molecular weight is 368 g/mol. The van der Waals surface area contributed by atoms with Crippen LogP contribution in [-0.4, -0.2) is 32.1 Å². The Hall–Kier alpha value is -2.12. The Bertz CT molecular complexity index is 826. The van der Waals surface area contributed by atoms with Crippen molar-refractivity contribution in [2.75, 3.05) is 17.1 Å². The number of amides is 1. The number of carbonyl (C=O) groups is 1. The average Bonchev–Trinajstić information content (AvgIpc) is 2.53. The molecule has 1 N–H and O–H groups in total. The van der Waals surface area contributed by atoms with Gasteiger partial charge >= 0.3 is 0 Å². The van der Waals surface area contributed by atoms with Crippen LogP contribution >= 0.6 is 11.6 Å². The van der Waals surface area contributed by atoms with Crippen LogP contribution in [0.5, 0.6) is 0 Å². The molecular weight excluding hydrogens is 350 g/mol. The number of aryl methyl sites for hydroxylation is 1. The van der Waals surface area contributed by atoms with E-state index < -0.39 is 15.9 Å². The second-order valence-corrected chi connectivity index (χ2v) is 7.66. The van der Waals surface area contributed by atoms with E-state index in [1.54, 1.807) is 30.6 Å². The summed E-state index contributed by atoms with van der Waals surface area (Å²) >= 11 is 6.06. The number of aromatic nitrogens is 1. The summed E-state index contributed by atoms with van der Waals surface area (Å²) in [6, 6.07) is 8.45. The van der Waals surface area contributed by atoms with E-state index in [1.807, 2.05) is 13.0 Å². The molecule has 1 heterocycles. The van der Waals surface area contributed by atoms with Crippen molar-refractivity contribution in [3.63, 3.8) is 0 Å². The van der Waals surface area contributed by atoms with Crippen molar-refractivity contribution in [1.29, 1.82) is 0 Å². The highest BCUT2D eigenvalue weighted by atomic mass is 35.5. The number of hydrogen-bond donors (Lipinski definition) is 1. The molecule has 2 rings (SSSR count). The van der Waals surface area contributed by atoms with Gasteiger partial charge in [0.2, 0.25) is 15.9 Å². The summed E-state index contributed by atoms with van der Waals surface area (Å²) in [5.41, 5.74) is 2.01. The standard InChI is InChI=1S/C16H18ClN3O3S/c1-12-5-6-14(8-15(12)17)20(24(2,22)23)11-16(21)19-10-13-4-3-7-18-9-13/h3-9H,10-11H2,1-2H3,(H,19,21). The molecule has 0 unspecified atom stereocenters. The Morgan fingerprint density at radius 2 is 2.08 bits per heavy atom. The summed E-state index contributed by atoms with van der Waals surface area (Å²) in [7, 11) is -3.62.